The number of rotatable bonds is 11. The minimum absolute atomic E-state index is 0.0658. The number of imidazole rings is 1. The Kier molecular flexibility index (Phi) is 7.68. The number of nitrogens with two attached hydrogens (primary N) is 1. The van der Waals surface area contributed by atoms with E-state index >= 15 is 0 Å². The fourth-order valence-corrected chi connectivity index (χ4v) is 3.66. The molecule has 0 aliphatic carbocycles. The molecule has 0 saturated heterocycles. The number of anilines is 2. The van der Waals surface area contributed by atoms with Gasteiger partial charge in [0.05, 0.1) is 11.0 Å². The number of hydrogen-bond donors (Lipinski definition) is 2. The molecule has 0 unspecified atom stereocenters. The van der Waals surface area contributed by atoms with Gasteiger partial charge in [0, 0.05) is 18.7 Å². The Morgan fingerprint density at radius 3 is 2.62 bits per heavy atom. The second-order valence-corrected chi connectivity index (χ2v) is 7.63. The van der Waals surface area contributed by atoms with Gasteiger partial charge in [-0.1, -0.05) is 62.9 Å². The minimum atomic E-state index is 0.0658. The molecular formula is C24H32N4O. The van der Waals surface area contributed by atoms with Crippen LogP contribution in [0.5, 0.6) is 0 Å². The summed E-state index contributed by atoms with van der Waals surface area (Å²) in [5, 5.41) is 2.99. The number of carbonyl (C=O) groups excluding carboxylic acids is 1. The molecule has 29 heavy (non-hydrogen) atoms. The average Bonchev–Trinajstić information content (AvgIpc) is 3.03. The quantitative estimate of drug-likeness (QED) is 0.420. The molecule has 0 bridgehead atoms. The van der Waals surface area contributed by atoms with Gasteiger partial charge in [0.15, 0.2) is 0 Å². The number of amides is 1. The van der Waals surface area contributed by atoms with Crippen molar-refractivity contribution in [1.29, 1.82) is 0 Å². The zero-order chi connectivity index (χ0) is 20.5. The van der Waals surface area contributed by atoms with Crippen molar-refractivity contribution in [3.8, 4) is 0 Å². The number of nitrogens with one attached hydrogen (secondary N) is 1. The van der Waals surface area contributed by atoms with Crippen LogP contribution in [0, 0.1) is 0 Å². The first-order valence-corrected chi connectivity index (χ1v) is 10.8. The normalized spacial score (nSPS) is 11.1. The van der Waals surface area contributed by atoms with Gasteiger partial charge >= 0.3 is 0 Å². The van der Waals surface area contributed by atoms with Crippen molar-refractivity contribution in [1.82, 2.24) is 9.55 Å². The summed E-state index contributed by atoms with van der Waals surface area (Å²) >= 11 is 0. The van der Waals surface area contributed by atoms with E-state index < -0.39 is 0 Å². The maximum absolute atomic E-state index is 12.2. The van der Waals surface area contributed by atoms with Gasteiger partial charge in [-0.2, -0.15) is 0 Å². The van der Waals surface area contributed by atoms with Crippen molar-refractivity contribution >= 4 is 28.6 Å². The molecular weight excluding hydrogens is 360 g/mol. The molecule has 0 aliphatic rings. The van der Waals surface area contributed by atoms with Gasteiger partial charge in [0.1, 0.15) is 0 Å². The standard InChI is InChI=1S/C24H32N4O/c1-2-3-4-5-9-14-23(29)26-20-15-16-22-21(18-20)27-24(25)28(22)17-10-13-19-11-7-6-8-12-19/h6-8,11-12,15-16,18H,2-5,9-10,13-14,17H2,1H3,(H2,25,27)(H,26,29). The summed E-state index contributed by atoms with van der Waals surface area (Å²) in [5.74, 6) is 0.587. The Hall–Kier alpha value is -2.82. The van der Waals surface area contributed by atoms with Crippen LogP contribution >= 0.6 is 0 Å². The van der Waals surface area contributed by atoms with Crippen LogP contribution in [0.15, 0.2) is 48.5 Å². The van der Waals surface area contributed by atoms with Crippen LogP contribution in [0.1, 0.15) is 57.4 Å². The molecule has 5 heteroatoms. The van der Waals surface area contributed by atoms with E-state index in [4.69, 9.17) is 5.73 Å². The van der Waals surface area contributed by atoms with Crippen molar-refractivity contribution in [3.63, 3.8) is 0 Å². The first-order valence-electron chi connectivity index (χ1n) is 10.8. The van der Waals surface area contributed by atoms with Crippen LogP contribution in [0.4, 0.5) is 11.6 Å². The summed E-state index contributed by atoms with van der Waals surface area (Å²) in [6.45, 7) is 3.01. The van der Waals surface area contributed by atoms with Crippen molar-refractivity contribution in [2.24, 2.45) is 0 Å². The van der Waals surface area contributed by atoms with Gasteiger partial charge in [-0.25, -0.2) is 4.98 Å². The number of nitrogens with zero attached hydrogens (tertiary/aromatic N) is 2. The molecule has 2 aromatic carbocycles. The van der Waals surface area contributed by atoms with Crippen molar-refractivity contribution in [2.75, 3.05) is 11.1 Å². The van der Waals surface area contributed by atoms with E-state index in [0.717, 1.165) is 48.9 Å². The van der Waals surface area contributed by atoms with Crippen molar-refractivity contribution in [3.05, 3.63) is 54.1 Å². The molecule has 0 fully saturated rings. The van der Waals surface area contributed by atoms with Crippen LogP contribution in [0.2, 0.25) is 0 Å². The Bertz CT molecular complexity index is 917. The lowest BCUT2D eigenvalue weighted by atomic mass is 10.1. The van der Waals surface area contributed by atoms with Crippen molar-refractivity contribution in [2.45, 2.75) is 64.8 Å². The lowest BCUT2D eigenvalue weighted by molar-refractivity contribution is -0.116. The third-order valence-electron chi connectivity index (χ3n) is 5.26. The number of hydrogen-bond acceptors (Lipinski definition) is 3. The predicted molar refractivity (Wildman–Crippen MR) is 121 cm³/mol. The summed E-state index contributed by atoms with van der Waals surface area (Å²) in [4.78, 5) is 16.7. The highest BCUT2D eigenvalue weighted by Gasteiger charge is 2.10. The third kappa shape index (κ3) is 6.08. The van der Waals surface area contributed by atoms with E-state index in [0.29, 0.717) is 12.4 Å². The zero-order valence-corrected chi connectivity index (χ0v) is 17.4. The summed E-state index contributed by atoms with van der Waals surface area (Å²) in [5.41, 5.74) is 10.1. The lowest BCUT2D eigenvalue weighted by Gasteiger charge is -2.08. The monoisotopic (exact) mass is 392 g/mol. The number of benzene rings is 2. The molecule has 0 aliphatic heterocycles. The Labute approximate surface area is 173 Å². The van der Waals surface area contributed by atoms with E-state index in [1.165, 1.54) is 24.8 Å². The summed E-state index contributed by atoms with van der Waals surface area (Å²) in [6.07, 6.45) is 8.29. The predicted octanol–water partition coefficient (Wildman–Crippen LogP) is 5.55. The van der Waals surface area contributed by atoms with E-state index in [1.54, 1.807) is 0 Å². The fraction of sp³-hybridized carbons (Fsp3) is 0.417. The molecule has 3 rings (SSSR count). The first kappa shape index (κ1) is 20.9. The maximum Gasteiger partial charge on any atom is 0.224 e. The van der Waals surface area contributed by atoms with E-state index in [9.17, 15) is 4.79 Å². The van der Waals surface area contributed by atoms with Crippen molar-refractivity contribution < 1.29 is 4.79 Å². The van der Waals surface area contributed by atoms with Gasteiger partial charge < -0.3 is 15.6 Å². The summed E-state index contributed by atoms with van der Waals surface area (Å²) in [6, 6.07) is 16.3. The zero-order valence-electron chi connectivity index (χ0n) is 17.4. The highest BCUT2D eigenvalue weighted by Crippen LogP contribution is 2.23. The maximum atomic E-state index is 12.2. The Balaban J connectivity index is 1.56. The Morgan fingerprint density at radius 1 is 1.03 bits per heavy atom. The average molecular weight is 393 g/mol. The molecule has 1 amide bonds. The van der Waals surface area contributed by atoms with Gasteiger partial charge in [0.25, 0.3) is 0 Å². The highest BCUT2D eigenvalue weighted by atomic mass is 16.1. The van der Waals surface area contributed by atoms with E-state index in [1.807, 2.05) is 24.3 Å². The first-order chi connectivity index (χ1) is 14.2. The van der Waals surface area contributed by atoms with Gasteiger partial charge in [0.2, 0.25) is 11.9 Å². The molecule has 0 spiro atoms. The molecule has 3 N–H and O–H groups in total. The number of carbonyl (C=O) groups is 1. The third-order valence-corrected chi connectivity index (χ3v) is 5.26. The SMILES string of the molecule is CCCCCCCC(=O)Nc1ccc2c(c1)nc(N)n2CCCc1ccccc1. The second kappa shape index (κ2) is 10.6. The smallest absolute Gasteiger partial charge is 0.224 e. The molecule has 0 radical (unpaired) electrons. The summed E-state index contributed by atoms with van der Waals surface area (Å²) < 4.78 is 2.05. The van der Waals surface area contributed by atoms with Crippen LogP contribution in [-0.4, -0.2) is 15.5 Å². The molecule has 0 saturated carbocycles. The molecule has 5 nitrogen and oxygen atoms in total. The van der Waals surface area contributed by atoms with Gasteiger partial charge in [-0.15, -0.1) is 0 Å². The number of unbranched alkanes of at least 4 members (excludes halogenated alkanes) is 4. The summed E-state index contributed by atoms with van der Waals surface area (Å²) in [7, 11) is 0. The van der Waals surface area contributed by atoms with Gasteiger partial charge in [-0.3, -0.25) is 4.79 Å². The molecule has 0 atom stereocenters. The minimum Gasteiger partial charge on any atom is -0.369 e. The number of aryl methyl sites for hydroxylation is 2. The second-order valence-electron chi connectivity index (χ2n) is 7.63. The molecule has 1 aromatic heterocycles. The number of fused-ring (bicyclic) bond motifs is 1. The van der Waals surface area contributed by atoms with Crippen LogP contribution in [-0.2, 0) is 17.8 Å². The van der Waals surface area contributed by atoms with Crippen LogP contribution in [0.3, 0.4) is 0 Å². The number of nitrogen functional groups attached to an aromatic ring is 1. The molecule has 3 aromatic rings. The largest absolute Gasteiger partial charge is 0.369 e. The molecule has 1 heterocycles. The Morgan fingerprint density at radius 2 is 1.83 bits per heavy atom. The van der Waals surface area contributed by atoms with Gasteiger partial charge in [-0.05, 0) is 43.0 Å². The fourth-order valence-electron chi connectivity index (χ4n) is 3.66. The van der Waals surface area contributed by atoms with Crippen LogP contribution < -0.4 is 11.1 Å². The lowest BCUT2D eigenvalue weighted by Crippen LogP contribution is -2.11. The van der Waals surface area contributed by atoms with E-state index in [-0.39, 0.29) is 5.91 Å². The topological polar surface area (TPSA) is 72.9 Å². The number of aromatic nitrogens is 2. The highest BCUT2D eigenvalue weighted by molar-refractivity contribution is 5.93. The molecule has 154 valence electrons. The van der Waals surface area contributed by atoms with Crippen LogP contribution in [0.25, 0.3) is 11.0 Å². The van der Waals surface area contributed by atoms with E-state index in [2.05, 4.69) is 46.1 Å².